The molecule has 0 spiro atoms. The number of rotatable bonds is 5. The van der Waals surface area contributed by atoms with Crippen LogP contribution in [-0.4, -0.2) is 25.0 Å². The first-order valence-corrected chi connectivity index (χ1v) is 8.64. The van der Waals surface area contributed by atoms with Crippen molar-refractivity contribution in [3.05, 3.63) is 58.0 Å². The van der Waals surface area contributed by atoms with Gasteiger partial charge in [-0.1, -0.05) is 12.1 Å². The van der Waals surface area contributed by atoms with Gasteiger partial charge in [-0.05, 0) is 45.9 Å². The quantitative estimate of drug-likeness (QED) is 0.762. The summed E-state index contributed by atoms with van der Waals surface area (Å²) in [6.07, 6.45) is 0. The molecule has 7 heteroatoms. The number of hydrogen-bond donors (Lipinski definition) is 1. The lowest BCUT2D eigenvalue weighted by Crippen LogP contribution is -2.35. The largest absolute Gasteiger partial charge is 0.348 e. The Kier molecular flexibility index (Phi) is 4.88. The van der Waals surface area contributed by atoms with Gasteiger partial charge in [0, 0.05) is 17.4 Å². The van der Waals surface area contributed by atoms with Crippen molar-refractivity contribution in [3.63, 3.8) is 0 Å². The van der Waals surface area contributed by atoms with Crippen LogP contribution in [0, 0.1) is 13.8 Å². The molecular formula is C19H23N5O2. The topological polar surface area (TPSA) is 81.8 Å². The van der Waals surface area contributed by atoms with Crippen molar-refractivity contribution >= 4 is 16.9 Å². The highest BCUT2D eigenvalue weighted by Crippen LogP contribution is 2.20. The zero-order chi connectivity index (χ0) is 18.8. The second kappa shape index (κ2) is 7.11. The molecule has 0 aliphatic rings. The van der Waals surface area contributed by atoms with E-state index >= 15 is 0 Å². The SMILES string of the molecule is Cc1cc(C)n(CC(=O)NCc2nc3ccccc3n2C(C)C)c(=O)n1. The molecule has 136 valence electrons. The van der Waals surface area contributed by atoms with E-state index in [1.54, 1.807) is 19.9 Å². The summed E-state index contributed by atoms with van der Waals surface area (Å²) < 4.78 is 3.48. The predicted molar refractivity (Wildman–Crippen MR) is 99.9 cm³/mol. The molecule has 2 aromatic heterocycles. The number of nitrogens with zero attached hydrogens (tertiary/aromatic N) is 4. The summed E-state index contributed by atoms with van der Waals surface area (Å²) in [5.74, 6) is 0.545. The number of fused-ring (bicyclic) bond motifs is 1. The fraction of sp³-hybridized carbons (Fsp3) is 0.368. The zero-order valence-electron chi connectivity index (χ0n) is 15.5. The molecule has 3 rings (SSSR count). The second-order valence-electron chi connectivity index (χ2n) is 6.66. The first-order chi connectivity index (χ1) is 12.4. The molecule has 0 saturated carbocycles. The summed E-state index contributed by atoms with van der Waals surface area (Å²) in [5.41, 5.74) is 2.90. The van der Waals surface area contributed by atoms with Crippen molar-refractivity contribution in [2.75, 3.05) is 0 Å². The summed E-state index contributed by atoms with van der Waals surface area (Å²) in [4.78, 5) is 32.8. The summed E-state index contributed by atoms with van der Waals surface area (Å²) in [6, 6.07) is 9.91. The van der Waals surface area contributed by atoms with Crippen LogP contribution < -0.4 is 11.0 Å². The molecule has 0 bridgehead atoms. The van der Waals surface area contributed by atoms with E-state index in [4.69, 9.17) is 0 Å². The predicted octanol–water partition coefficient (Wildman–Crippen LogP) is 2.11. The molecule has 1 aromatic carbocycles. The smallest absolute Gasteiger partial charge is 0.347 e. The maximum Gasteiger partial charge on any atom is 0.348 e. The van der Waals surface area contributed by atoms with Gasteiger partial charge in [0.1, 0.15) is 12.4 Å². The van der Waals surface area contributed by atoms with E-state index in [0.717, 1.165) is 16.9 Å². The molecule has 0 aliphatic heterocycles. The molecule has 0 unspecified atom stereocenters. The Balaban J connectivity index is 1.77. The Morgan fingerprint density at radius 2 is 1.92 bits per heavy atom. The van der Waals surface area contributed by atoms with Crippen LogP contribution in [0.1, 0.15) is 37.1 Å². The van der Waals surface area contributed by atoms with Gasteiger partial charge in [0.25, 0.3) is 0 Å². The summed E-state index contributed by atoms with van der Waals surface area (Å²) >= 11 is 0. The van der Waals surface area contributed by atoms with Crippen LogP contribution in [0.3, 0.4) is 0 Å². The lowest BCUT2D eigenvalue weighted by atomic mass is 10.3. The fourth-order valence-electron chi connectivity index (χ4n) is 3.14. The van der Waals surface area contributed by atoms with Crippen molar-refractivity contribution in [1.29, 1.82) is 0 Å². The highest BCUT2D eigenvalue weighted by Gasteiger charge is 2.14. The lowest BCUT2D eigenvalue weighted by Gasteiger charge is -2.14. The van der Waals surface area contributed by atoms with Gasteiger partial charge in [0.2, 0.25) is 5.91 Å². The number of para-hydroxylation sites is 2. The summed E-state index contributed by atoms with van der Waals surface area (Å²) in [7, 11) is 0. The normalized spacial score (nSPS) is 11.3. The number of hydrogen-bond acceptors (Lipinski definition) is 4. The van der Waals surface area contributed by atoms with Crippen molar-refractivity contribution in [2.24, 2.45) is 0 Å². The van der Waals surface area contributed by atoms with Crippen LogP contribution in [0.4, 0.5) is 0 Å². The Bertz CT molecular complexity index is 1020. The number of amides is 1. The number of aryl methyl sites for hydroxylation is 2. The van der Waals surface area contributed by atoms with Crippen LogP contribution in [0.25, 0.3) is 11.0 Å². The van der Waals surface area contributed by atoms with Crippen LogP contribution in [0.5, 0.6) is 0 Å². The highest BCUT2D eigenvalue weighted by atomic mass is 16.2. The number of nitrogens with one attached hydrogen (secondary N) is 1. The van der Waals surface area contributed by atoms with Crippen LogP contribution >= 0.6 is 0 Å². The van der Waals surface area contributed by atoms with E-state index in [1.807, 2.05) is 24.3 Å². The van der Waals surface area contributed by atoms with Gasteiger partial charge in [-0.2, -0.15) is 4.98 Å². The average Bonchev–Trinajstić information content (AvgIpc) is 2.94. The number of carbonyl (C=O) groups is 1. The summed E-state index contributed by atoms with van der Waals surface area (Å²) in [5, 5.41) is 2.86. The van der Waals surface area contributed by atoms with Gasteiger partial charge in [-0.3, -0.25) is 9.36 Å². The molecule has 7 nitrogen and oxygen atoms in total. The molecule has 2 heterocycles. The number of aromatic nitrogens is 4. The van der Waals surface area contributed by atoms with Crippen LogP contribution in [0.15, 0.2) is 35.1 Å². The average molecular weight is 353 g/mol. The van der Waals surface area contributed by atoms with Crippen LogP contribution in [0.2, 0.25) is 0 Å². The van der Waals surface area contributed by atoms with Gasteiger partial charge >= 0.3 is 5.69 Å². The highest BCUT2D eigenvalue weighted by molar-refractivity contribution is 5.77. The maximum absolute atomic E-state index is 12.3. The van der Waals surface area contributed by atoms with E-state index in [9.17, 15) is 9.59 Å². The van der Waals surface area contributed by atoms with Crippen molar-refractivity contribution < 1.29 is 4.79 Å². The van der Waals surface area contributed by atoms with Gasteiger partial charge in [-0.25, -0.2) is 9.78 Å². The molecule has 1 amide bonds. The van der Waals surface area contributed by atoms with Gasteiger partial charge in [0.05, 0.1) is 17.6 Å². The number of benzene rings is 1. The first-order valence-electron chi connectivity index (χ1n) is 8.64. The van der Waals surface area contributed by atoms with Gasteiger partial charge in [0.15, 0.2) is 0 Å². The fourth-order valence-corrected chi connectivity index (χ4v) is 3.14. The molecular weight excluding hydrogens is 330 g/mol. The molecule has 0 fully saturated rings. The Hall–Kier alpha value is -2.96. The van der Waals surface area contributed by atoms with E-state index in [0.29, 0.717) is 17.9 Å². The van der Waals surface area contributed by atoms with Gasteiger partial charge in [-0.15, -0.1) is 0 Å². The third-order valence-corrected chi connectivity index (χ3v) is 4.28. The number of imidazole rings is 1. The molecule has 0 saturated heterocycles. The molecule has 0 radical (unpaired) electrons. The minimum Gasteiger partial charge on any atom is -0.347 e. The van der Waals surface area contributed by atoms with E-state index in [2.05, 4.69) is 33.7 Å². The number of carbonyl (C=O) groups excluding carboxylic acids is 1. The van der Waals surface area contributed by atoms with E-state index < -0.39 is 5.69 Å². The zero-order valence-corrected chi connectivity index (χ0v) is 15.5. The molecule has 26 heavy (non-hydrogen) atoms. The third kappa shape index (κ3) is 3.51. The van der Waals surface area contributed by atoms with Crippen molar-refractivity contribution in [2.45, 2.75) is 46.8 Å². The molecule has 0 aliphatic carbocycles. The Labute approximate surface area is 151 Å². The minimum atomic E-state index is -0.410. The van der Waals surface area contributed by atoms with E-state index in [-0.39, 0.29) is 18.5 Å². The Morgan fingerprint density at radius 1 is 1.19 bits per heavy atom. The minimum absolute atomic E-state index is 0.0557. The third-order valence-electron chi connectivity index (χ3n) is 4.28. The first kappa shape index (κ1) is 17.8. The Morgan fingerprint density at radius 3 is 2.62 bits per heavy atom. The second-order valence-corrected chi connectivity index (χ2v) is 6.66. The van der Waals surface area contributed by atoms with E-state index in [1.165, 1.54) is 4.57 Å². The van der Waals surface area contributed by atoms with Crippen molar-refractivity contribution in [1.82, 2.24) is 24.4 Å². The molecule has 0 atom stereocenters. The molecule has 3 aromatic rings. The van der Waals surface area contributed by atoms with Crippen LogP contribution in [-0.2, 0) is 17.9 Å². The molecule has 1 N–H and O–H groups in total. The monoisotopic (exact) mass is 353 g/mol. The van der Waals surface area contributed by atoms with Crippen molar-refractivity contribution in [3.8, 4) is 0 Å². The lowest BCUT2D eigenvalue weighted by molar-refractivity contribution is -0.122. The van der Waals surface area contributed by atoms with Gasteiger partial charge < -0.3 is 9.88 Å². The standard InChI is InChI=1S/C19H23N5O2/c1-12(2)24-16-8-6-5-7-15(16)22-17(24)10-20-18(25)11-23-14(4)9-13(3)21-19(23)26/h5-9,12H,10-11H2,1-4H3,(H,20,25). The maximum atomic E-state index is 12.3. The summed E-state index contributed by atoms with van der Waals surface area (Å²) in [6.45, 7) is 7.97.